The fourth-order valence-electron chi connectivity index (χ4n) is 2.49. The molecule has 2 amide bonds. The molecule has 0 spiro atoms. The van der Waals surface area contributed by atoms with Crippen molar-refractivity contribution in [3.63, 3.8) is 0 Å². The maximum atomic E-state index is 12.1. The van der Waals surface area contributed by atoms with Gasteiger partial charge in [-0.05, 0) is 42.2 Å². The van der Waals surface area contributed by atoms with Gasteiger partial charge in [-0.3, -0.25) is 9.69 Å². The van der Waals surface area contributed by atoms with Crippen LogP contribution in [0.25, 0.3) is 0 Å². The summed E-state index contributed by atoms with van der Waals surface area (Å²) < 4.78 is 8.76. The number of anilines is 1. The number of aromatic nitrogens is 2. The van der Waals surface area contributed by atoms with Crippen molar-refractivity contribution in [2.75, 3.05) is 24.6 Å². The van der Waals surface area contributed by atoms with Gasteiger partial charge in [0.1, 0.15) is 11.5 Å². The lowest BCUT2D eigenvalue weighted by Crippen LogP contribution is -2.23. The molecule has 1 aliphatic heterocycles. The van der Waals surface area contributed by atoms with Crippen molar-refractivity contribution in [2.45, 2.75) is 19.8 Å². The number of nitrogens with one attached hydrogen (secondary N) is 1. The number of benzene rings is 1. The smallest absolute Gasteiger partial charge is 0.414 e. The number of hydrogen-bond donors (Lipinski definition) is 1. The molecule has 0 bridgehead atoms. The molecule has 2 heterocycles. The molecule has 0 aliphatic carbocycles. The van der Waals surface area contributed by atoms with E-state index in [0.717, 1.165) is 41.3 Å². The van der Waals surface area contributed by atoms with Gasteiger partial charge in [0.25, 0.3) is 5.91 Å². The Hall–Kier alpha value is -2.92. The zero-order chi connectivity index (χ0) is 18.4. The predicted octanol–water partition coefficient (Wildman–Crippen LogP) is 2.23. The number of rotatable bonds is 5. The third-order valence-electron chi connectivity index (χ3n) is 3.76. The van der Waals surface area contributed by atoms with Crippen molar-refractivity contribution in [2.24, 2.45) is 0 Å². The lowest BCUT2D eigenvalue weighted by Gasteiger charge is -2.11. The van der Waals surface area contributed by atoms with Gasteiger partial charge in [-0.2, -0.15) is 0 Å². The van der Waals surface area contributed by atoms with Crippen LogP contribution in [-0.4, -0.2) is 41.3 Å². The number of hydrogen-bond acceptors (Lipinski definition) is 6. The van der Waals surface area contributed by atoms with E-state index in [1.165, 1.54) is 0 Å². The number of aryl methyl sites for hydroxylation is 1. The molecule has 0 radical (unpaired) electrons. The molecule has 0 atom stereocenters. The van der Waals surface area contributed by atoms with Gasteiger partial charge in [-0.1, -0.05) is 29.7 Å². The van der Waals surface area contributed by atoms with Crippen molar-refractivity contribution in [3.8, 4) is 11.8 Å². The van der Waals surface area contributed by atoms with Gasteiger partial charge in [0.05, 0.1) is 18.8 Å². The van der Waals surface area contributed by atoms with E-state index >= 15 is 0 Å². The number of cyclic esters (lactones) is 1. The Bertz CT molecular complexity index is 851. The summed E-state index contributed by atoms with van der Waals surface area (Å²) in [5, 5.41) is 6.75. The summed E-state index contributed by atoms with van der Waals surface area (Å²) >= 11 is 1.10. The van der Waals surface area contributed by atoms with Gasteiger partial charge < -0.3 is 10.1 Å². The number of ether oxygens (including phenoxy) is 1. The zero-order valence-corrected chi connectivity index (χ0v) is 15.1. The molecule has 0 saturated carbocycles. The maximum Gasteiger partial charge on any atom is 0.414 e. The number of carbonyl (C=O) groups is 2. The molecule has 3 rings (SSSR count). The van der Waals surface area contributed by atoms with Gasteiger partial charge in [-0.15, -0.1) is 5.10 Å². The van der Waals surface area contributed by atoms with Crippen LogP contribution in [0.5, 0.6) is 0 Å². The molecular weight excluding hydrogens is 352 g/mol. The molecule has 1 aromatic carbocycles. The summed E-state index contributed by atoms with van der Waals surface area (Å²) in [5.74, 6) is 5.71. The molecule has 26 heavy (non-hydrogen) atoms. The Labute approximate surface area is 155 Å². The Morgan fingerprint density at radius 1 is 1.38 bits per heavy atom. The second-order valence-electron chi connectivity index (χ2n) is 5.60. The van der Waals surface area contributed by atoms with Crippen LogP contribution in [0.4, 0.5) is 10.5 Å². The van der Waals surface area contributed by atoms with Gasteiger partial charge in [0.2, 0.25) is 0 Å². The van der Waals surface area contributed by atoms with Gasteiger partial charge in [-0.25, -0.2) is 4.79 Å². The van der Waals surface area contributed by atoms with Crippen LogP contribution < -0.4 is 10.2 Å². The summed E-state index contributed by atoms with van der Waals surface area (Å²) in [4.78, 5) is 25.8. The molecule has 1 fully saturated rings. The first-order chi connectivity index (χ1) is 12.7. The molecule has 1 N–H and O–H groups in total. The predicted molar refractivity (Wildman–Crippen MR) is 98.3 cm³/mol. The van der Waals surface area contributed by atoms with Crippen LogP contribution >= 0.6 is 11.5 Å². The summed E-state index contributed by atoms with van der Waals surface area (Å²) in [5.41, 5.74) is 2.33. The van der Waals surface area contributed by atoms with E-state index in [1.54, 1.807) is 4.90 Å². The van der Waals surface area contributed by atoms with Crippen molar-refractivity contribution in [3.05, 3.63) is 40.4 Å². The molecule has 1 aliphatic rings. The Morgan fingerprint density at radius 3 is 2.88 bits per heavy atom. The van der Waals surface area contributed by atoms with Crippen molar-refractivity contribution in [1.29, 1.82) is 0 Å². The average Bonchev–Trinajstić information content (AvgIpc) is 3.28. The minimum atomic E-state index is -0.327. The van der Waals surface area contributed by atoms with E-state index in [0.29, 0.717) is 18.0 Å². The van der Waals surface area contributed by atoms with E-state index < -0.39 is 0 Å². The molecule has 0 unspecified atom stereocenters. The third-order valence-corrected chi connectivity index (χ3v) is 4.53. The van der Waals surface area contributed by atoms with E-state index in [2.05, 4.69) is 26.7 Å². The van der Waals surface area contributed by atoms with Crippen LogP contribution in [0.2, 0.25) is 0 Å². The summed E-state index contributed by atoms with van der Waals surface area (Å²) in [6, 6.07) is 7.33. The second-order valence-corrected chi connectivity index (χ2v) is 6.35. The Kier molecular flexibility index (Phi) is 5.81. The van der Waals surface area contributed by atoms with Crippen LogP contribution in [0.15, 0.2) is 24.3 Å². The standard InChI is InChI=1S/C18H18N4O3S/c1-2-4-15-16(26-21-20-15)17(23)19-10-3-5-13-6-8-14(9-7-13)22-11-12-25-18(22)24/h6-9H,2,4,10-12H2,1H3,(H,19,23). The van der Waals surface area contributed by atoms with Crippen LogP contribution in [0, 0.1) is 11.8 Å². The highest BCUT2D eigenvalue weighted by molar-refractivity contribution is 7.08. The highest BCUT2D eigenvalue weighted by Gasteiger charge is 2.23. The number of amides is 2. The lowest BCUT2D eigenvalue weighted by molar-refractivity contribution is 0.0961. The topological polar surface area (TPSA) is 84.4 Å². The summed E-state index contributed by atoms with van der Waals surface area (Å²) in [6.45, 7) is 3.24. The summed E-state index contributed by atoms with van der Waals surface area (Å²) in [6.07, 6.45) is 1.32. The normalized spacial score (nSPS) is 13.1. The molecule has 1 aromatic heterocycles. The van der Waals surface area contributed by atoms with E-state index in [9.17, 15) is 9.59 Å². The molecule has 2 aromatic rings. The van der Waals surface area contributed by atoms with Crippen LogP contribution in [-0.2, 0) is 11.2 Å². The fourth-order valence-corrected chi connectivity index (χ4v) is 3.11. The van der Waals surface area contributed by atoms with Gasteiger partial charge in [0, 0.05) is 11.3 Å². The fraction of sp³-hybridized carbons (Fsp3) is 0.333. The van der Waals surface area contributed by atoms with Gasteiger partial charge >= 0.3 is 6.09 Å². The van der Waals surface area contributed by atoms with Crippen LogP contribution in [0.3, 0.4) is 0 Å². The summed E-state index contributed by atoms with van der Waals surface area (Å²) in [7, 11) is 0. The molecule has 8 heteroatoms. The molecule has 134 valence electrons. The SMILES string of the molecule is CCCc1nnsc1C(=O)NCC#Cc1ccc(N2CCOC2=O)cc1. The monoisotopic (exact) mass is 370 g/mol. The minimum Gasteiger partial charge on any atom is -0.447 e. The van der Waals surface area contributed by atoms with Crippen LogP contribution in [0.1, 0.15) is 34.3 Å². The molecular formula is C18H18N4O3S. The highest BCUT2D eigenvalue weighted by Crippen LogP contribution is 2.18. The first-order valence-corrected chi connectivity index (χ1v) is 9.09. The Morgan fingerprint density at radius 2 is 2.19 bits per heavy atom. The molecule has 1 saturated heterocycles. The average molecular weight is 370 g/mol. The quantitative estimate of drug-likeness (QED) is 0.816. The molecule has 7 nitrogen and oxygen atoms in total. The minimum absolute atomic E-state index is 0.194. The zero-order valence-electron chi connectivity index (χ0n) is 14.3. The highest BCUT2D eigenvalue weighted by atomic mass is 32.1. The Balaban J connectivity index is 1.54. The second kappa shape index (κ2) is 8.45. The largest absolute Gasteiger partial charge is 0.447 e. The van der Waals surface area contributed by atoms with E-state index in [1.807, 2.05) is 31.2 Å². The van der Waals surface area contributed by atoms with Crippen molar-refractivity contribution in [1.82, 2.24) is 14.9 Å². The first-order valence-electron chi connectivity index (χ1n) is 8.31. The number of nitrogens with zero attached hydrogens (tertiary/aromatic N) is 3. The van der Waals surface area contributed by atoms with Crippen molar-refractivity contribution < 1.29 is 14.3 Å². The van der Waals surface area contributed by atoms with E-state index in [-0.39, 0.29) is 18.5 Å². The third kappa shape index (κ3) is 4.18. The first kappa shape index (κ1) is 17.9. The van der Waals surface area contributed by atoms with E-state index in [4.69, 9.17) is 4.74 Å². The van der Waals surface area contributed by atoms with Crippen molar-refractivity contribution >= 4 is 29.2 Å². The lowest BCUT2D eigenvalue weighted by atomic mass is 10.2. The number of carbonyl (C=O) groups excluding carboxylic acids is 2. The maximum absolute atomic E-state index is 12.1. The van der Waals surface area contributed by atoms with Gasteiger partial charge in [0.15, 0.2) is 0 Å².